The van der Waals surface area contributed by atoms with Crippen LogP contribution in [0.1, 0.15) is 19.3 Å². The van der Waals surface area contributed by atoms with Gasteiger partial charge in [-0.3, -0.25) is 4.90 Å². The largest absolute Gasteiger partial charge is 0.396 e. The summed E-state index contributed by atoms with van der Waals surface area (Å²) in [5, 5.41) is 9.23. The number of aliphatic hydroxyl groups is 1. The molecule has 2 bridgehead atoms. The second-order valence-electron chi connectivity index (χ2n) is 4.93. The first-order valence-corrected chi connectivity index (χ1v) is 5.28. The first-order valence-electron chi connectivity index (χ1n) is 5.28. The van der Waals surface area contributed by atoms with Crippen LogP contribution < -0.4 is 0 Å². The summed E-state index contributed by atoms with van der Waals surface area (Å²) in [7, 11) is 0. The molecule has 3 fully saturated rings. The van der Waals surface area contributed by atoms with Crippen LogP contribution in [0.25, 0.3) is 0 Å². The number of nitrogens with zero attached hydrogens (tertiary/aromatic N) is 1. The molecule has 2 aliphatic heterocycles. The predicted molar refractivity (Wildman–Crippen MR) is 48.5 cm³/mol. The fourth-order valence-electron chi connectivity index (χ4n) is 2.65. The molecule has 0 radical (unpaired) electrons. The summed E-state index contributed by atoms with van der Waals surface area (Å²) in [6.45, 7) is 3.51. The van der Waals surface area contributed by atoms with Crippen LogP contribution in [0.2, 0.25) is 0 Å². The van der Waals surface area contributed by atoms with Gasteiger partial charge >= 0.3 is 0 Å². The van der Waals surface area contributed by atoms with Crippen molar-refractivity contribution in [1.82, 2.24) is 4.90 Å². The number of likely N-dealkylation sites (tertiary alicyclic amines) is 1. The topological polar surface area (TPSA) is 32.7 Å². The maximum Gasteiger partial charge on any atom is 0.0718 e. The molecule has 2 heterocycles. The quantitative estimate of drug-likeness (QED) is 0.680. The molecule has 1 N–H and O–H groups in total. The highest BCUT2D eigenvalue weighted by Gasteiger charge is 2.48. The summed E-state index contributed by atoms with van der Waals surface area (Å²) < 4.78 is 5.55. The Labute approximate surface area is 78.7 Å². The Bertz CT molecular complexity index is 215. The average Bonchev–Trinajstić information content (AvgIpc) is 2.62. The lowest BCUT2D eigenvalue weighted by molar-refractivity contribution is 0.0168. The molecule has 3 rings (SSSR count). The molecule has 1 saturated carbocycles. The number of hydrogen-bond donors (Lipinski definition) is 1. The van der Waals surface area contributed by atoms with E-state index in [1.807, 2.05) is 0 Å². The van der Waals surface area contributed by atoms with Crippen molar-refractivity contribution in [2.24, 2.45) is 5.41 Å². The molecule has 2 saturated heterocycles. The second kappa shape index (κ2) is 2.69. The second-order valence-corrected chi connectivity index (χ2v) is 4.93. The van der Waals surface area contributed by atoms with E-state index in [4.69, 9.17) is 4.74 Å². The van der Waals surface area contributed by atoms with Crippen molar-refractivity contribution in [1.29, 1.82) is 0 Å². The van der Waals surface area contributed by atoms with E-state index in [0.29, 0.717) is 18.8 Å². The van der Waals surface area contributed by atoms with Crippen molar-refractivity contribution >= 4 is 0 Å². The fraction of sp³-hybridized carbons (Fsp3) is 1.00. The van der Waals surface area contributed by atoms with Gasteiger partial charge in [0.2, 0.25) is 0 Å². The van der Waals surface area contributed by atoms with Crippen LogP contribution in [0.5, 0.6) is 0 Å². The lowest BCUT2D eigenvalue weighted by Gasteiger charge is -2.29. The van der Waals surface area contributed by atoms with E-state index < -0.39 is 0 Å². The Kier molecular flexibility index (Phi) is 1.70. The molecule has 0 spiro atoms. The van der Waals surface area contributed by atoms with Gasteiger partial charge in [-0.25, -0.2) is 0 Å². The van der Waals surface area contributed by atoms with E-state index >= 15 is 0 Å². The molecule has 1 unspecified atom stereocenters. The molecule has 1 aliphatic carbocycles. The molecular formula is C10H17NO2. The van der Waals surface area contributed by atoms with Gasteiger partial charge in [0.1, 0.15) is 0 Å². The van der Waals surface area contributed by atoms with Gasteiger partial charge in [0.05, 0.1) is 12.7 Å². The summed E-state index contributed by atoms with van der Waals surface area (Å²) in [6.07, 6.45) is 4.16. The Hall–Kier alpha value is -0.120. The van der Waals surface area contributed by atoms with Gasteiger partial charge in [-0.2, -0.15) is 0 Å². The van der Waals surface area contributed by atoms with E-state index in [2.05, 4.69) is 4.90 Å². The molecular weight excluding hydrogens is 166 g/mol. The van der Waals surface area contributed by atoms with E-state index in [1.165, 1.54) is 19.3 Å². The number of hydrogen-bond acceptors (Lipinski definition) is 3. The Morgan fingerprint density at radius 1 is 1.46 bits per heavy atom. The normalized spacial score (nSPS) is 41.3. The van der Waals surface area contributed by atoms with Gasteiger partial charge in [0, 0.05) is 31.2 Å². The van der Waals surface area contributed by atoms with Gasteiger partial charge in [-0.15, -0.1) is 0 Å². The number of morpholine rings is 1. The summed E-state index contributed by atoms with van der Waals surface area (Å²) in [6, 6.07) is 0.661. The van der Waals surface area contributed by atoms with Crippen molar-refractivity contribution in [3.8, 4) is 0 Å². The van der Waals surface area contributed by atoms with Gasteiger partial charge in [0.25, 0.3) is 0 Å². The molecule has 3 aliphatic rings. The summed E-state index contributed by atoms with van der Waals surface area (Å²) in [4.78, 5) is 2.53. The zero-order chi connectivity index (χ0) is 8.89. The molecule has 0 amide bonds. The van der Waals surface area contributed by atoms with E-state index in [0.717, 1.165) is 19.7 Å². The maximum atomic E-state index is 9.23. The highest BCUT2D eigenvalue weighted by Crippen LogP contribution is 2.47. The Morgan fingerprint density at radius 3 is 2.77 bits per heavy atom. The summed E-state index contributed by atoms with van der Waals surface area (Å²) in [5.74, 6) is 0. The van der Waals surface area contributed by atoms with Crippen molar-refractivity contribution in [2.75, 3.05) is 26.3 Å². The monoisotopic (exact) mass is 183 g/mol. The highest BCUT2D eigenvalue weighted by atomic mass is 16.5. The maximum absolute atomic E-state index is 9.23. The zero-order valence-corrected chi connectivity index (χ0v) is 7.91. The lowest BCUT2D eigenvalue weighted by Crippen LogP contribution is -2.41. The van der Waals surface area contributed by atoms with Crippen LogP contribution in [-0.2, 0) is 4.74 Å². The predicted octanol–water partition coefficient (Wildman–Crippen LogP) is 0.232. The smallest absolute Gasteiger partial charge is 0.0718 e. The van der Waals surface area contributed by atoms with Crippen LogP contribution >= 0.6 is 0 Å². The van der Waals surface area contributed by atoms with Gasteiger partial charge < -0.3 is 9.84 Å². The minimum absolute atomic E-state index is 0.282. The zero-order valence-electron chi connectivity index (χ0n) is 7.91. The van der Waals surface area contributed by atoms with Gasteiger partial charge in [0.15, 0.2) is 0 Å². The molecule has 0 aromatic rings. The molecule has 3 nitrogen and oxygen atoms in total. The van der Waals surface area contributed by atoms with Crippen LogP contribution in [0.4, 0.5) is 0 Å². The van der Waals surface area contributed by atoms with Crippen LogP contribution in [0, 0.1) is 5.41 Å². The number of fused-ring (bicyclic) bond motifs is 2. The number of aliphatic hydroxyl groups excluding tert-OH is 1. The third-order valence-electron chi connectivity index (χ3n) is 3.84. The molecule has 13 heavy (non-hydrogen) atoms. The molecule has 0 aromatic heterocycles. The minimum Gasteiger partial charge on any atom is -0.396 e. The molecule has 0 aromatic carbocycles. The molecule has 2 atom stereocenters. The minimum atomic E-state index is 0.282. The van der Waals surface area contributed by atoms with E-state index in [-0.39, 0.29) is 5.41 Å². The SMILES string of the molecule is OCC1(CN2CC3C[C@H]2CO3)CC1. The highest BCUT2D eigenvalue weighted by molar-refractivity contribution is 5.00. The standard InChI is InChI=1S/C10H17NO2/c12-7-10(1-2-10)6-11-4-9-3-8(11)5-13-9/h8-9,12H,1-7H2/t8-,9?/m0/s1. The summed E-state index contributed by atoms with van der Waals surface area (Å²) in [5.41, 5.74) is 0.282. The van der Waals surface area contributed by atoms with Crippen molar-refractivity contribution in [3.05, 3.63) is 0 Å². The van der Waals surface area contributed by atoms with E-state index in [1.54, 1.807) is 0 Å². The first kappa shape index (κ1) is 8.21. The average molecular weight is 183 g/mol. The third-order valence-corrected chi connectivity index (χ3v) is 3.84. The lowest BCUT2D eigenvalue weighted by atomic mass is 10.1. The number of ether oxygens (including phenoxy) is 1. The van der Waals surface area contributed by atoms with Gasteiger partial charge in [-0.05, 0) is 19.3 Å². The van der Waals surface area contributed by atoms with Crippen molar-refractivity contribution < 1.29 is 9.84 Å². The Balaban J connectivity index is 1.62. The molecule has 74 valence electrons. The summed E-state index contributed by atoms with van der Waals surface area (Å²) >= 11 is 0. The van der Waals surface area contributed by atoms with Gasteiger partial charge in [-0.1, -0.05) is 0 Å². The number of rotatable bonds is 3. The first-order chi connectivity index (χ1) is 6.31. The fourth-order valence-corrected chi connectivity index (χ4v) is 2.65. The van der Waals surface area contributed by atoms with E-state index in [9.17, 15) is 5.11 Å². The molecule has 3 heteroatoms. The van der Waals surface area contributed by atoms with Crippen LogP contribution in [-0.4, -0.2) is 48.5 Å². The van der Waals surface area contributed by atoms with Crippen LogP contribution in [0.15, 0.2) is 0 Å². The Morgan fingerprint density at radius 2 is 2.31 bits per heavy atom. The van der Waals surface area contributed by atoms with Crippen molar-refractivity contribution in [2.45, 2.75) is 31.4 Å². The third kappa shape index (κ3) is 1.30. The van der Waals surface area contributed by atoms with Crippen molar-refractivity contribution in [3.63, 3.8) is 0 Å². The van der Waals surface area contributed by atoms with Crippen LogP contribution in [0.3, 0.4) is 0 Å².